The van der Waals surface area contributed by atoms with Crippen molar-refractivity contribution in [1.29, 1.82) is 0 Å². The molecule has 9 heteroatoms. The molecule has 3 heterocycles. The first-order valence-corrected chi connectivity index (χ1v) is 6.16. The van der Waals surface area contributed by atoms with Gasteiger partial charge in [0.1, 0.15) is 29.9 Å². The van der Waals surface area contributed by atoms with E-state index in [2.05, 4.69) is 15.0 Å². The van der Waals surface area contributed by atoms with Crippen molar-refractivity contribution in [2.75, 3.05) is 12.3 Å². The maximum absolute atomic E-state index is 9.91. The quantitative estimate of drug-likeness (QED) is 0.501. The Bertz CT molecular complexity index is 618. The van der Waals surface area contributed by atoms with Gasteiger partial charge < -0.3 is 30.4 Å². The van der Waals surface area contributed by atoms with Gasteiger partial charge in [0.25, 0.3) is 0 Å². The number of nitrogens with two attached hydrogens (primary N) is 1. The van der Waals surface area contributed by atoms with Gasteiger partial charge in [0, 0.05) is 0 Å². The van der Waals surface area contributed by atoms with Crippen LogP contribution >= 0.6 is 0 Å². The number of hydrogen-bond donors (Lipinski definition) is 4. The Kier molecular flexibility index (Phi) is 3.26. The fourth-order valence-corrected chi connectivity index (χ4v) is 2.32. The highest BCUT2D eigenvalue weighted by atomic mass is 16.6. The van der Waals surface area contributed by atoms with Crippen molar-refractivity contribution in [3.05, 3.63) is 12.5 Å². The third-order valence-corrected chi connectivity index (χ3v) is 3.39. The largest absolute Gasteiger partial charge is 0.394 e. The molecule has 3 rings (SSSR count). The molecule has 1 aliphatic rings. The fraction of sp³-hybridized carbons (Fsp3) is 0.545. The lowest BCUT2D eigenvalue weighted by Gasteiger charge is -2.15. The molecule has 0 spiro atoms. The van der Waals surface area contributed by atoms with Crippen LogP contribution in [0.5, 0.6) is 0 Å². The van der Waals surface area contributed by atoms with Crippen LogP contribution in [0.1, 0.15) is 0 Å². The highest BCUT2D eigenvalue weighted by Crippen LogP contribution is 2.23. The first-order valence-electron chi connectivity index (χ1n) is 6.16. The number of fused-ring (bicyclic) bond motifs is 1. The van der Waals surface area contributed by atoms with Crippen LogP contribution in [0.15, 0.2) is 12.5 Å². The van der Waals surface area contributed by atoms with E-state index in [4.69, 9.17) is 15.6 Å². The molecule has 9 nitrogen and oxygen atoms in total. The number of imidazole rings is 1. The molecule has 0 unspecified atom stereocenters. The third kappa shape index (κ3) is 2.10. The van der Waals surface area contributed by atoms with Crippen LogP contribution in [-0.4, -0.2) is 65.9 Å². The van der Waals surface area contributed by atoms with Gasteiger partial charge >= 0.3 is 0 Å². The average Bonchev–Trinajstić information content (AvgIpc) is 2.95. The maximum atomic E-state index is 9.91. The van der Waals surface area contributed by atoms with Crippen molar-refractivity contribution in [1.82, 2.24) is 19.5 Å². The van der Waals surface area contributed by atoms with E-state index in [0.29, 0.717) is 11.2 Å². The van der Waals surface area contributed by atoms with Crippen LogP contribution < -0.4 is 5.73 Å². The van der Waals surface area contributed by atoms with Gasteiger partial charge in [-0.05, 0) is 0 Å². The summed E-state index contributed by atoms with van der Waals surface area (Å²) in [7, 11) is 0. The molecule has 20 heavy (non-hydrogen) atoms. The van der Waals surface area contributed by atoms with Gasteiger partial charge in [0.05, 0.1) is 25.7 Å². The predicted octanol–water partition coefficient (Wildman–Crippen LogP) is -2.11. The zero-order chi connectivity index (χ0) is 14.3. The molecule has 1 saturated heterocycles. The van der Waals surface area contributed by atoms with E-state index >= 15 is 0 Å². The minimum Gasteiger partial charge on any atom is -0.394 e. The number of aliphatic hydroxyl groups excluding tert-OH is 3. The van der Waals surface area contributed by atoms with E-state index in [1.807, 2.05) is 0 Å². The Morgan fingerprint density at radius 3 is 2.70 bits per heavy atom. The molecule has 0 aromatic carbocycles. The van der Waals surface area contributed by atoms with E-state index in [1.54, 1.807) is 4.57 Å². The summed E-state index contributed by atoms with van der Waals surface area (Å²) in [5.41, 5.74) is 6.63. The minimum atomic E-state index is -1.11. The zero-order valence-corrected chi connectivity index (χ0v) is 10.5. The SMILES string of the molecule is Nc1ncc2ncn(C[C@@H]3O[C@H](CO)[C@@H](O)[C@H]3O)c2n1. The second-order valence-electron chi connectivity index (χ2n) is 4.71. The zero-order valence-electron chi connectivity index (χ0n) is 10.5. The Labute approximate surface area is 113 Å². The topological polar surface area (TPSA) is 140 Å². The van der Waals surface area contributed by atoms with Crippen LogP contribution in [0.25, 0.3) is 11.2 Å². The Morgan fingerprint density at radius 1 is 1.25 bits per heavy atom. The van der Waals surface area contributed by atoms with Gasteiger partial charge in [-0.3, -0.25) is 0 Å². The normalized spacial score (nSPS) is 30.1. The lowest BCUT2D eigenvalue weighted by Crippen LogP contribution is -2.35. The van der Waals surface area contributed by atoms with Crippen molar-refractivity contribution in [2.45, 2.75) is 31.0 Å². The first kappa shape index (κ1) is 13.2. The number of nitrogen functional groups attached to an aromatic ring is 1. The Morgan fingerprint density at radius 2 is 2.00 bits per heavy atom. The molecule has 2 aromatic heterocycles. The lowest BCUT2D eigenvalue weighted by molar-refractivity contribution is -0.0262. The lowest BCUT2D eigenvalue weighted by atomic mass is 10.1. The van der Waals surface area contributed by atoms with Gasteiger partial charge in [-0.25, -0.2) is 9.97 Å². The van der Waals surface area contributed by atoms with Gasteiger partial charge in [-0.1, -0.05) is 0 Å². The average molecular weight is 281 g/mol. The number of nitrogens with zero attached hydrogens (tertiary/aromatic N) is 4. The van der Waals surface area contributed by atoms with E-state index in [0.717, 1.165) is 0 Å². The number of rotatable bonds is 3. The second-order valence-corrected chi connectivity index (χ2v) is 4.71. The molecule has 0 saturated carbocycles. The van der Waals surface area contributed by atoms with Crippen molar-refractivity contribution in [3.63, 3.8) is 0 Å². The van der Waals surface area contributed by atoms with Crippen molar-refractivity contribution >= 4 is 17.1 Å². The molecule has 2 aromatic rings. The highest BCUT2D eigenvalue weighted by molar-refractivity contribution is 5.70. The van der Waals surface area contributed by atoms with Gasteiger partial charge in [0.15, 0.2) is 5.65 Å². The first-order chi connectivity index (χ1) is 9.60. The predicted molar refractivity (Wildman–Crippen MR) is 67.5 cm³/mol. The number of aliphatic hydroxyl groups is 3. The molecular formula is C11H15N5O4. The summed E-state index contributed by atoms with van der Waals surface area (Å²) >= 11 is 0. The molecule has 0 aliphatic carbocycles. The third-order valence-electron chi connectivity index (χ3n) is 3.39. The van der Waals surface area contributed by atoms with Crippen LogP contribution in [-0.2, 0) is 11.3 Å². The van der Waals surface area contributed by atoms with Crippen molar-refractivity contribution in [3.8, 4) is 0 Å². The summed E-state index contributed by atoms with van der Waals surface area (Å²) in [5, 5.41) is 28.7. The van der Waals surface area contributed by atoms with Gasteiger partial charge in [-0.2, -0.15) is 4.98 Å². The summed E-state index contributed by atoms with van der Waals surface area (Å²) in [4.78, 5) is 12.0. The van der Waals surface area contributed by atoms with Crippen LogP contribution in [0.4, 0.5) is 5.95 Å². The summed E-state index contributed by atoms with van der Waals surface area (Å²) in [6.07, 6.45) is -0.595. The summed E-state index contributed by atoms with van der Waals surface area (Å²) in [5.74, 6) is 0.125. The van der Waals surface area contributed by atoms with Crippen molar-refractivity contribution in [2.24, 2.45) is 0 Å². The number of hydrogen-bond acceptors (Lipinski definition) is 8. The van der Waals surface area contributed by atoms with E-state index in [-0.39, 0.29) is 19.1 Å². The Hall–Kier alpha value is -1.81. The summed E-state index contributed by atoms with van der Waals surface area (Å²) in [6.45, 7) is -0.115. The molecule has 0 bridgehead atoms. The smallest absolute Gasteiger partial charge is 0.222 e. The number of aromatic nitrogens is 4. The fourth-order valence-electron chi connectivity index (χ4n) is 2.32. The molecule has 4 atom stereocenters. The molecule has 5 N–H and O–H groups in total. The molecule has 1 aliphatic heterocycles. The van der Waals surface area contributed by atoms with Gasteiger partial charge in [0.2, 0.25) is 5.95 Å². The van der Waals surface area contributed by atoms with Gasteiger partial charge in [-0.15, -0.1) is 0 Å². The monoisotopic (exact) mass is 281 g/mol. The standard InChI is InChI=1S/C11H15N5O4/c12-11-13-1-5-10(15-11)16(4-14-5)2-6-8(18)9(19)7(3-17)20-6/h1,4,6-9,17-19H,2-3H2,(H2,12,13,15)/t6-,7+,8-,9+/m0/s1. The second kappa shape index (κ2) is 4.94. The van der Waals surface area contributed by atoms with E-state index in [1.165, 1.54) is 12.5 Å². The number of ether oxygens (including phenoxy) is 1. The van der Waals surface area contributed by atoms with Crippen molar-refractivity contribution < 1.29 is 20.1 Å². The molecule has 108 valence electrons. The molecule has 0 amide bonds. The molecular weight excluding hydrogens is 266 g/mol. The van der Waals surface area contributed by atoms with E-state index < -0.39 is 24.4 Å². The summed E-state index contributed by atoms with van der Waals surface area (Å²) < 4.78 is 7.07. The highest BCUT2D eigenvalue weighted by Gasteiger charge is 2.42. The van der Waals surface area contributed by atoms with Crippen LogP contribution in [0.3, 0.4) is 0 Å². The summed E-state index contributed by atoms with van der Waals surface area (Å²) in [6, 6.07) is 0. The Balaban J connectivity index is 1.85. The van der Waals surface area contributed by atoms with E-state index in [9.17, 15) is 10.2 Å². The van der Waals surface area contributed by atoms with Crippen LogP contribution in [0, 0.1) is 0 Å². The maximum Gasteiger partial charge on any atom is 0.222 e. The molecule has 0 radical (unpaired) electrons. The molecule has 1 fully saturated rings. The van der Waals surface area contributed by atoms with Crippen LogP contribution in [0.2, 0.25) is 0 Å². The minimum absolute atomic E-state index is 0.125. The number of anilines is 1.